The Morgan fingerprint density at radius 2 is 1.54 bits per heavy atom. The Morgan fingerprint density at radius 3 is 2.14 bits per heavy atom. The number of unbranched alkanes of at least 4 members (excludes halogenated alkanes) is 3. The van der Waals surface area contributed by atoms with Crippen molar-refractivity contribution in [2.24, 2.45) is 0 Å². The molecule has 0 fully saturated rings. The number of carboxylic acids is 1. The van der Waals surface area contributed by atoms with E-state index in [1.807, 2.05) is 24.3 Å². The van der Waals surface area contributed by atoms with E-state index in [1.165, 1.54) is 40.7 Å². The van der Waals surface area contributed by atoms with E-state index < -0.39 is 5.97 Å². The molecule has 0 saturated heterocycles. The molecular formula is C32H39NO4. The maximum atomic E-state index is 12.3. The first-order chi connectivity index (χ1) is 17.8. The van der Waals surface area contributed by atoms with Gasteiger partial charge in [-0.2, -0.15) is 0 Å². The van der Waals surface area contributed by atoms with Crippen LogP contribution in [0.25, 0.3) is 11.1 Å². The Bertz CT molecular complexity index is 1160. The molecule has 3 aromatic carbocycles. The molecule has 1 atom stereocenters. The lowest BCUT2D eigenvalue weighted by Crippen LogP contribution is -2.26. The highest BCUT2D eigenvalue weighted by atomic mass is 16.5. The molecule has 0 aliphatic rings. The van der Waals surface area contributed by atoms with Crippen molar-refractivity contribution in [2.75, 3.05) is 6.54 Å². The van der Waals surface area contributed by atoms with Crippen molar-refractivity contribution in [3.05, 3.63) is 88.5 Å². The third-order valence-corrected chi connectivity index (χ3v) is 6.59. The zero-order valence-electron chi connectivity index (χ0n) is 22.5. The molecule has 1 amide bonds. The molecule has 5 heteroatoms. The molecule has 0 bridgehead atoms. The Labute approximate surface area is 220 Å². The Hall–Kier alpha value is -3.60. The minimum absolute atomic E-state index is 0.0979. The Kier molecular flexibility index (Phi) is 10.3. The second-order valence-corrected chi connectivity index (χ2v) is 9.78. The molecule has 0 spiro atoms. The van der Waals surface area contributed by atoms with Crippen molar-refractivity contribution in [3.8, 4) is 16.9 Å². The topological polar surface area (TPSA) is 75.6 Å². The van der Waals surface area contributed by atoms with Crippen molar-refractivity contribution >= 4 is 11.9 Å². The van der Waals surface area contributed by atoms with Crippen LogP contribution in [-0.4, -0.2) is 23.5 Å². The number of nitrogens with one attached hydrogen (secondary N) is 1. The number of carbonyl (C=O) groups is 2. The SMILES string of the molecule is CCCCCCC(Oc1ccc(-c2c(C)cc(C)cc2C)cc1)c1ccc(C(=O)NCCC(=O)O)cc1. The number of amides is 1. The van der Waals surface area contributed by atoms with E-state index in [1.54, 1.807) is 12.1 Å². The second-order valence-electron chi connectivity index (χ2n) is 9.78. The van der Waals surface area contributed by atoms with Gasteiger partial charge >= 0.3 is 5.97 Å². The summed E-state index contributed by atoms with van der Waals surface area (Å²) in [5, 5.41) is 11.4. The van der Waals surface area contributed by atoms with Crippen LogP contribution >= 0.6 is 0 Å². The predicted octanol–water partition coefficient (Wildman–Crippen LogP) is 7.57. The van der Waals surface area contributed by atoms with Crippen LogP contribution in [0.4, 0.5) is 0 Å². The standard InChI is InChI=1S/C32H39NO4/c1-5-6-7-8-9-29(25-10-12-27(13-11-25)32(36)33-19-18-30(34)35)37-28-16-14-26(15-17-28)31-23(3)20-22(2)21-24(31)4/h10-17,20-21,29H,5-9,18-19H2,1-4H3,(H,33,36)(H,34,35). The van der Waals surface area contributed by atoms with Crippen LogP contribution in [-0.2, 0) is 4.79 Å². The van der Waals surface area contributed by atoms with Crippen LogP contribution in [0.15, 0.2) is 60.7 Å². The van der Waals surface area contributed by atoms with E-state index in [-0.39, 0.29) is 25.0 Å². The molecule has 0 aliphatic heterocycles. The van der Waals surface area contributed by atoms with Crippen molar-refractivity contribution < 1.29 is 19.4 Å². The van der Waals surface area contributed by atoms with Gasteiger partial charge in [0.15, 0.2) is 0 Å². The minimum atomic E-state index is -0.934. The molecule has 37 heavy (non-hydrogen) atoms. The largest absolute Gasteiger partial charge is 0.486 e. The fourth-order valence-corrected chi connectivity index (χ4v) is 4.78. The van der Waals surface area contributed by atoms with Gasteiger partial charge in [-0.15, -0.1) is 0 Å². The molecular weight excluding hydrogens is 462 g/mol. The average Bonchev–Trinajstić information content (AvgIpc) is 2.86. The van der Waals surface area contributed by atoms with Gasteiger partial charge in [0.1, 0.15) is 11.9 Å². The van der Waals surface area contributed by atoms with Gasteiger partial charge in [-0.1, -0.05) is 68.1 Å². The number of aliphatic carboxylic acids is 1. The number of benzene rings is 3. The van der Waals surface area contributed by atoms with E-state index in [2.05, 4.69) is 57.3 Å². The van der Waals surface area contributed by atoms with Crippen molar-refractivity contribution in [1.82, 2.24) is 5.32 Å². The molecule has 1 unspecified atom stereocenters. The highest BCUT2D eigenvalue weighted by molar-refractivity contribution is 5.94. The monoisotopic (exact) mass is 501 g/mol. The van der Waals surface area contributed by atoms with E-state index in [9.17, 15) is 9.59 Å². The second kappa shape index (κ2) is 13.6. The first-order valence-electron chi connectivity index (χ1n) is 13.2. The molecule has 3 rings (SSSR count). The first kappa shape index (κ1) is 28.0. The number of hydrogen-bond acceptors (Lipinski definition) is 3. The lowest BCUT2D eigenvalue weighted by molar-refractivity contribution is -0.136. The van der Waals surface area contributed by atoms with Gasteiger partial charge in [-0.05, 0) is 85.7 Å². The van der Waals surface area contributed by atoms with E-state index in [0.29, 0.717) is 5.56 Å². The summed E-state index contributed by atoms with van der Waals surface area (Å²) in [7, 11) is 0. The van der Waals surface area contributed by atoms with E-state index >= 15 is 0 Å². The lowest BCUT2D eigenvalue weighted by atomic mass is 9.94. The highest BCUT2D eigenvalue weighted by Crippen LogP contribution is 2.32. The third kappa shape index (κ3) is 8.21. The number of carboxylic acid groups (broad SMARTS) is 1. The predicted molar refractivity (Wildman–Crippen MR) is 149 cm³/mol. The zero-order chi connectivity index (χ0) is 26.8. The molecule has 0 aromatic heterocycles. The van der Waals surface area contributed by atoms with Gasteiger partial charge in [-0.3, -0.25) is 9.59 Å². The molecule has 3 aromatic rings. The Morgan fingerprint density at radius 1 is 0.892 bits per heavy atom. The summed E-state index contributed by atoms with van der Waals surface area (Å²) in [4.78, 5) is 23.0. The summed E-state index contributed by atoms with van der Waals surface area (Å²) in [6, 6.07) is 20.2. The highest BCUT2D eigenvalue weighted by Gasteiger charge is 2.16. The normalized spacial score (nSPS) is 11.7. The van der Waals surface area contributed by atoms with Crippen LogP contribution < -0.4 is 10.1 Å². The number of hydrogen-bond donors (Lipinski definition) is 2. The minimum Gasteiger partial charge on any atom is -0.486 e. The maximum absolute atomic E-state index is 12.3. The van der Waals surface area contributed by atoms with Gasteiger partial charge in [-0.25, -0.2) is 0 Å². The summed E-state index contributed by atoms with van der Waals surface area (Å²) in [5.41, 5.74) is 7.79. The lowest BCUT2D eigenvalue weighted by Gasteiger charge is -2.21. The average molecular weight is 502 g/mol. The number of ether oxygens (including phenoxy) is 1. The Balaban J connectivity index is 1.74. The summed E-state index contributed by atoms with van der Waals surface area (Å²) < 4.78 is 6.48. The van der Waals surface area contributed by atoms with Crippen LogP contribution in [0, 0.1) is 20.8 Å². The summed E-state index contributed by atoms with van der Waals surface area (Å²) in [5.74, 6) is -0.386. The third-order valence-electron chi connectivity index (χ3n) is 6.59. The van der Waals surface area contributed by atoms with Gasteiger partial charge in [0, 0.05) is 12.1 Å². The van der Waals surface area contributed by atoms with Crippen molar-refractivity contribution in [3.63, 3.8) is 0 Å². The summed E-state index contributed by atoms with van der Waals surface area (Å²) in [6.07, 6.45) is 5.28. The van der Waals surface area contributed by atoms with Gasteiger partial charge < -0.3 is 15.2 Å². The van der Waals surface area contributed by atoms with Crippen LogP contribution in [0.5, 0.6) is 5.75 Å². The summed E-state index contributed by atoms with van der Waals surface area (Å²) in [6.45, 7) is 8.74. The molecule has 0 heterocycles. The number of aryl methyl sites for hydroxylation is 3. The quantitative estimate of drug-likeness (QED) is 0.237. The molecule has 0 saturated carbocycles. The van der Waals surface area contributed by atoms with Crippen LogP contribution in [0.1, 0.15) is 84.2 Å². The molecule has 0 radical (unpaired) electrons. The molecule has 0 aliphatic carbocycles. The molecule has 2 N–H and O–H groups in total. The smallest absolute Gasteiger partial charge is 0.305 e. The fourth-order valence-electron chi connectivity index (χ4n) is 4.78. The first-order valence-corrected chi connectivity index (χ1v) is 13.2. The summed E-state index contributed by atoms with van der Waals surface area (Å²) >= 11 is 0. The number of carbonyl (C=O) groups excluding carboxylic acids is 1. The zero-order valence-corrected chi connectivity index (χ0v) is 22.5. The van der Waals surface area contributed by atoms with Crippen LogP contribution in [0.3, 0.4) is 0 Å². The van der Waals surface area contributed by atoms with E-state index in [4.69, 9.17) is 9.84 Å². The van der Waals surface area contributed by atoms with Gasteiger partial charge in [0.25, 0.3) is 5.91 Å². The van der Waals surface area contributed by atoms with Crippen LogP contribution in [0.2, 0.25) is 0 Å². The van der Waals surface area contributed by atoms with Crippen molar-refractivity contribution in [2.45, 2.75) is 72.3 Å². The fraction of sp³-hybridized carbons (Fsp3) is 0.375. The van der Waals surface area contributed by atoms with Crippen molar-refractivity contribution in [1.29, 1.82) is 0 Å². The molecule has 5 nitrogen and oxygen atoms in total. The van der Waals surface area contributed by atoms with E-state index in [0.717, 1.165) is 30.6 Å². The van der Waals surface area contributed by atoms with Gasteiger partial charge in [0.2, 0.25) is 0 Å². The van der Waals surface area contributed by atoms with Gasteiger partial charge in [0.05, 0.1) is 6.42 Å². The molecule has 196 valence electrons. The number of rotatable bonds is 13. The maximum Gasteiger partial charge on any atom is 0.305 e.